The highest BCUT2D eigenvalue weighted by Crippen LogP contribution is 2.13. The minimum absolute atomic E-state index is 0.178. The molecule has 0 aliphatic heterocycles. The van der Waals surface area contributed by atoms with E-state index in [1.165, 1.54) is 0 Å². The van der Waals surface area contributed by atoms with E-state index in [1.54, 1.807) is 6.21 Å². The van der Waals surface area contributed by atoms with Gasteiger partial charge in [0.25, 0.3) is 5.91 Å². The highest BCUT2D eigenvalue weighted by molar-refractivity contribution is 9.10. The van der Waals surface area contributed by atoms with Crippen molar-refractivity contribution in [3.63, 3.8) is 0 Å². The minimum atomic E-state index is -0.197. The molecule has 1 amide bonds. The summed E-state index contributed by atoms with van der Waals surface area (Å²) >= 11 is 3.41. The van der Waals surface area contributed by atoms with Crippen molar-refractivity contribution in [1.82, 2.24) is 5.43 Å². The first kappa shape index (κ1) is 14.3. The fraction of sp³-hybridized carbons (Fsp3) is 0.0667. The number of rotatable bonds is 5. The van der Waals surface area contributed by atoms with Crippen molar-refractivity contribution in [2.75, 3.05) is 11.9 Å². The second-order valence-corrected chi connectivity index (χ2v) is 4.89. The van der Waals surface area contributed by atoms with Crippen LogP contribution in [0.4, 0.5) is 5.69 Å². The van der Waals surface area contributed by atoms with Crippen LogP contribution >= 0.6 is 15.9 Å². The largest absolute Gasteiger partial charge is 0.376 e. The zero-order valence-corrected chi connectivity index (χ0v) is 12.3. The number of anilines is 1. The van der Waals surface area contributed by atoms with E-state index >= 15 is 0 Å². The summed E-state index contributed by atoms with van der Waals surface area (Å²) in [5, 5.41) is 6.93. The molecule has 0 saturated carbocycles. The fourth-order valence-corrected chi connectivity index (χ4v) is 1.92. The van der Waals surface area contributed by atoms with Gasteiger partial charge in [-0.2, -0.15) is 5.10 Å². The number of hydrogen-bond donors (Lipinski definition) is 2. The topological polar surface area (TPSA) is 53.5 Å². The summed E-state index contributed by atoms with van der Waals surface area (Å²) < 4.78 is 0.931. The van der Waals surface area contributed by atoms with Crippen LogP contribution in [0.2, 0.25) is 0 Å². The molecule has 0 aromatic heterocycles. The van der Waals surface area contributed by atoms with Gasteiger partial charge >= 0.3 is 0 Å². The van der Waals surface area contributed by atoms with Crippen LogP contribution in [0.5, 0.6) is 0 Å². The molecule has 0 saturated heterocycles. The van der Waals surface area contributed by atoms with Gasteiger partial charge in [0.2, 0.25) is 0 Å². The van der Waals surface area contributed by atoms with Crippen molar-refractivity contribution in [3.8, 4) is 0 Å². The summed E-state index contributed by atoms with van der Waals surface area (Å²) in [6, 6.07) is 17.2. The third-order valence-corrected chi connectivity index (χ3v) is 3.25. The van der Waals surface area contributed by atoms with Crippen LogP contribution in [0.3, 0.4) is 0 Å². The highest BCUT2D eigenvalue weighted by Gasteiger charge is 1.99. The molecule has 0 aliphatic carbocycles. The Morgan fingerprint density at radius 1 is 1.10 bits per heavy atom. The van der Waals surface area contributed by atoms with Crippen LogP contribution in [-0.4, -0.2) is 18.7 Å². The molecule has 0 spiro atoms. The van der Waals surface area contributed by atoms with E-state index in [1.807, 2.05) is 54.6 Å². The Morgan fingerprint density at radius 2 is 1.80 bits per heavy atom. The average molecular weight is 332 g/mol. The lowest BCUT2D eigenvalue weighted by Gasteiger charge is -2.04. The van der Waals surface area contributed by atoms with Crippen molar-refractivity contribution in [3.05, 3.63) is 64.6 Å². The summed E-state index contributed by atoms with van der Waals surface area (Å²) in [5.41, 5.74) is 4.28. The maximum atomic E-state index is 11.6. The van der Waals surface area contributed by atoms with Crippen molar-refractivity contribution >= 4 is 33.7 Å². The number of nitrogens with zero attached hydrogens (tertiary/aromatic N) is 1. The lowest BCUT2D eigenvalue weighted by atomic mass is 10.2. The lowest BCUT2D eigenvalue weighted by molar-refractivity contribution is -0.119. The van der Waals surface area contributed by atoms with Gasteiger partial charge in [0.15, 0.2) is 0 Å². The molecule has 0 atom stereocenters. The third kappa shape index (κ3) is 4.51. The molecule has 0 heterocycles. The highest BCUT2D eigenvalue weighted by atomic mass is 79.9. The quantitative estimate of drug-likeness (QED) is 0.653. The molecule has 2 aromatic rings. The van der Waals surface area contributed by atoms with Crippen LogP contribution in [-0.2, 0) is 4.79 Å². The van der Waals surface area contributed by atoms with E-state index in [0.717, 1.165) is 15.7 Å². The zero-order valence-electron chi connectivity index (χ0n) is 10.7. The van der Waals surface area contributed by atoms with Crippen LogP contribution in [0.1, 0.15) is 5.56 Å². The van der Waals surface area contributed by atoms with E-state index in [4.69, 9.17) is 0 Å². The van der Waals surface area contributed by atoms with E-state index < -0.39 is 0 Å². The van der Waals surface area contributed by atoms with Gasteiger partial charge in [0, 0.05) is 15.7 Å². The van der Waals surface area contributed by atoms with Crippen LogP contribution in [0.25, 0.3) is 0 Å². The number of para-hydroxylation sites is 1. The molecule has 4 nitrogen and oxygen atoms in total. The number of halogens is 1. The Labute approximate surface area is 126 Å². The normalized spacial score (nSPS) is 10.4. The Bertz CT molecular complexity index is 599. The lowest BCUT2D eigenvalue weighted by Crippen LogP contribution is -2.25. The number of hydrazone groups is 1. The maximum absolute atomic E-state index is 11.6. The molecule has 0 unspecified atom stereocenters. The van der Waals surface area contributed by atoms with Crippen molar-refractivity contribution < 1.29 is 4.79 Å². The molecule has 2 N–H and O–H groups in total. The second kappa shape index (κ2) is 7.45. The number of carbonyl (C=O) groups is 1. The summed E-state index contributed by atoms with van der Waals surface area (Å²) in [5.74, 6) is -0.197. The average Bonchev–Trinajstić information content (AvgIpc) is 2.48. The fourth-order valence-electron chi connectivity index (χ4n) is 1.53. The van der Waals surface area contributed by atoms with E-state index in [0.29, 0.717) is 0 Å². The molecule has 102 valence electrons. The summed E-state index contributed by atoms with van der Waals surface area (Å²) in [6.07, 6.45) is 1.60. The number of benzene rings is 2. The summed E-state index contributed by atoms with van der Waals surface area (Å²) in [6.45, 7) is 0.178. The van der Waals surface area contributed by atoms with Crippen LogP contribution < -0.4 is 10.7 Å². The first-order valence-corrected chi connectivity index (χ1v) is 6.90. The molecule has 0 fully saturated rings. The Balaban J connectivity index is 1.79. The Morgan fingerprint density at radius 3 is 2.55 bits per heavy atom. The molecular weight excluding hydrogens is 318 g/mol. The number of amides is 1. The SMILES string of the molecule is O=C(CNc1ccccc1)N/N=C/c1ccccc1Br. The third-order valence-electron chi connectivity index (χ3n) is 2.52. The van der Waals surface area contributed by atoms with Crippen LogP contribution in [0, 0.1) is 0 Å². The number of nitrogens with one attached hydrogen (secondary N) is 2. The zero-order chi connectivity index (χ0) is 14.2. The van der Waals surface area contributed by atoms with Gasteiger partial charge in [-0.1, -0.05) is 52.3 Å². The molecule has 5 heteroatoms. The predicted molar refractivity (Wildman–Crippen MR) is 84.8 cm³/mol. The molecule has 20 heavy (non-hydrogen) atoms. The van der Waals surface area contributed by atoms with Gasteiger partial charge < -0.3 is 5.32 Å². The van der Waals surface area contributed by atoms with Crippen molar-refractivity contribution in [1.29, 1.82) is 0 Å². The van der Waals surface area contributed by atoms with Gasteiger partial charge in [0.05, 0.1) is 12.8 Å². The van der Waals surface area contributed by atoms with E-state index in [9.17, 15) is 4.79 Å². The van der Waals surface area contributed by atoms with Gasteiger partial charge in [-0.25, -0.2) is 5.43 Å². The van der Waals surface area contributed by atoms with Gasteiger partial charge in [-0.05, 0) is 18.2 Å². The molecule has 0 aliphatic rings. The first-order chi connectivity index (χ1) is 9.75. The van der Waals surface area contributed by atoms with Gasteiger partial charge in [0.1, 0.15) is 0 Å². The second-order valence-electron chi connectivity index (χ2n) is 4.03. The van der Waals surface area contributed by atoms with Crippen molar-refractivity contribution in [2.45, 2.75) is 0 Å². The molecule has 2 rings (SSSR count). The Kier molecular flexibility index (Phi) is 5.32. The Hall–Kier alpha value is -2.14. The summed E-state index contributed by atoms with van der Waals surface area (Å²) in [7, 11) is 0. The molecule has 2 aromatic carbocycles. The first-order valence-electron chi connectivity index (χ1n) is 6.11. The van der Waals surface area contributed by atoms with E-state index in [-0.39, 0.29) is 12.5 Å². The van der Waals surface area contributed by atoms with Gasteiger partial charge in [-0.15, -0.1) is 0 Å². The van der Waals surface area contributed by atoms with E-state index in [2.05, 4.69) is 31.8 Å². The minimum Gasteiger partial charge on any atom is -0.376 e. The monoisotopic (exact) mass is 331 g/mol. The van der Waals surface area contributed by atoms with Gasteiger partial charge in [-0.3, -0.25) is 4.79 Å². The standard InChI is InChI=1S/C15H14BrN3O/c16-14-9-5-4-6-12(14)10-18-19-15(20)11-17-13-7-2-1-3-8-13/h1-10,17H,11H2,(H,19,20)/b18-10+. The van der Waals surface area contributed by atoms with Crippen molar-refractivity contribution in [2.24, 2.45) is 5.10 Å². The smallest absolute Gasteiger partial charge is 0.259 e. The molecular formula is C15H14BrN3O. The molecule has 0 bridgehead atoms. The van der Waals surface area contributed by atoms with Crippen LogP contribution in [0.15, 0.2) is 64.2 Å². The maximum Gasteiger partial charge on any atom is 0.259 e. The molecule has 0 radical (unpaired) electrons. The number of carbonyl (C=O) groups excluding carboxylic acids is 1. The summed E-state index contributed by atoms with van der Waals surface area (Å²) in [4.78, 5) is 11.6. The predicted octanol–water partition coefficient (Wildman–Crippen LogP) is 3.01. The number of hydrogen-bond acceptors (Lipinski definition) is 3.